The Balaban J connectivity index is 2.56. The van der Waals surface area contributed by atoms with E-state index in [0.29, 0.717) is 22.7 Å². The molecule has 0 saturated heterocycles. The molecule has 0 N–H and O–H groups in total. The molecular weight excluding hydrogens is 274 g/mol. The van der Waals surface area contributed by atoms with Gasteiger partial charge in [0.25, 0.3) is 0 Å². The number of carbonyl (C=O) groups is 2. The fraction of sp³-hybridized carbons (Fsp3) is 0.467. The quantitative estimate of drug-likeness (QED) is 0.857. The smallest absolute Gasteiger partial charge is 0.414 e. The summed E-state index contributed by atoms with van der Waals surface area (Å²) in [4.78, 5) is 25.9. The first-order chi connectivity index (χ1) is 10.0. The summed E-state index contributed by atoms with van der Waals surface area (Å²) in [7, 11) is 3.01. The summed E-state index contributed by atoms with van der Waals surface area (Å²) < 4.78 is 15.5. The first-order valence-electron chi connectivity index (χ1n) is 6.78. The first kappa shape index (κ1) is 15.2. The molecule has 0 aromatic heterocycles. The van der Waals surface area contributed by atoms with Crippen LogP contribution in [0.1, 0.15) is 30.6 Å². The maximum absolute atomic E-state index is 12.2. The van der Waals surface area contributed by atoms with Crippen molar-refractivity contribution in [1.82, 2.24) is 0 Å². The average molecular weight is 293 g/mol. The number of Topliss-reactive ketones (excluding diaryl/α,β-unsaturated/α-hetero) is 1. The lowest BCUT2D eigenvalue weighted by Gasteiger charge is -2.34. The lowest BCUT2D eigenvalue weighted by atomic mass is 9.95. The average Bonchev–Trinajstić information content (AvgIpc) is 2.46. The molecule has 0 spiro atoms. The van der Waals surface area contributed by atoms with Crippen LogP contribution in [0, 0.1) is 0 Å². The monoisotopic (exact) mass is 293 g/mol. The minimum Gasteiger partial charge on any atom is -0.493 e. The molecule has 21 heavy (non-hydrogen) atoms. The van der Waals surface area contributed by atoms with Crippen molar-refractivity contribution in [2.75, 3.05) is 25.7 Å². The van der Waals surface area contributed by atoms with Crippen LogP contribution in [-0.4, -0.2) is 38.7 Å². The summed E-state index contributed by atoms with van der Waals surface area (Å²) in [6.45, 7) is 3.83. The van der Waals surface area contributed by atoms with E-state index >= 15 is 0 Å². The van der Waals surface area contributed by atoms with Crippen molar-refractivity contribution in [2.24, 2.45) is 0 Å². The molecule has 0 radical (unpaired) electrons. The molecule has 6 nitrogen and oxygen atoms in total. The van der Waals surface area contributed by atoms with Crippen LogP contribution in [0.4, 0.5) is 10.5 Å². The van der Waals surface area contributed by atoms with Gasteiger partial charge in [-0.05, 0) is 19.9 Å². The Bertz CT molecular complexity index is 569. The third-order valence-corrected chi connectivity index (χ3v) is 3.45. The molecule has 0 saturated carbocycles. The Morgan fingerprint density at radius 3 is 2.48 bits per heavy atom. The van der Waals surface area contributed by atoms with Gasteiger partial charge in [-0.25, -0.2) is 4.79 Å². The van der Waals surface area contributed by atoms with Gasteiger partial charge < -0.3 is 14.2 Å². The lowest BCUT2D eigenvalue weighted by molar-refractivity contribution is 0.0965. The fourth-order valence-corrected chi connectivity index (χ4v) is 2.47. The zero-order valence-electron chi connectivity index (χ0n) is 12.6. The molecule has 1 aromatic rings. The molecule has 1 heterocycles. The van der Waals surface area contributed by atoms with E-state index in [9.17, 15) is 9.59 Å². The Morgan fingerprint density at radius 1 is 1.29 bits per heavy atom. The summed E-state index contributed by atoms with van der Waals surface area (Å²) in [5.41, 5.74) is 0.939. The third kappa shape index (κ3) is 2.66. The summed E-state index contributed by atoms with van der Waals surface area (Å²) in [5, 5.41) is 0. The van der Waals surface area contributed by atoms with E-state index in [4.69, 9.17) is 14.2 Å². The van der Waals surface area contributed by atoms with E-state index in [1.54, 1.807) is 19.1 Å². The number of hydrogen-bond donors (Lipinski definition) is 0. The van der Waals surface area contributed by atoms with Crippen LogP contribution >= 0.6 is 0 Å². The highest BCUT2D eigenvalue weighted by atomic mass is 16.6. The second-order valence-corrected chi connectivity index (χ2v) is 4.77. The van der Waals surface area contributed by atoms with Crippen LogP contribution in [0.5, 0.6) is 11.5 Å². The molecule has 0 unspecified atom stereocenters. The minimum absolute atomic E-state index is 0.0287. The first-order valence-corrected chi connectivity index (χ1v) is 6.78. The molecule has 6 heteroatoms. The van der Waals surface area contributed by atoms with Crippen molar-refractivity contribution in [3.05, 3.63) is 17.7 Å². The van der Waals surface area contributed by atoms with E-state index in [1.165, 1.54) is 19.1 Å². The van der Waals surface area contributed by atoms with Gasteiger partial charge in [-0.3, -0.25) is 9.69 Å². The van der Waals surface area contributed by atoms with Crippen LogP contribution in [0.2, 0.25) is 0 Å². The van der Waals surface area contributed by atoms with E-state index < -0.39 is 6.09 Å². The fourth-order valence-electron chi connectivity index (χ4n) is 2.47. The van der Waals surface area contributed by atoms with E-state index in [2.05, 4.69) is 0 Å². The van der Waals surface area contributed by atoms with E-state index in [0.717, 1.165) is 0 Å². The number of ketones is 1. The van der Waals surface area contributed by atoms with Crippen molar-refractivity contribution in [1.29, 1.82) is 0 Å². The van der Waals surface area contributed by atoms with Crippen molar-refractivity contribution >= 4 is 17.6 Å². The molecule has 0 aliphatic carbocycles. The number of nitrogens with zero attached hydrogens (tertiary/aromatic N) is 1. The molecule has 1 aliphatic rings. The number of benzene rings is 1. The summed E-state index contributed by atoms with van der Waals surface area (Å²) in [6, 6.07) is 2.98. The van der Waals surface area contributed by atoms with Crippen LogP contribution < -0.4 is 14.4 Å². The van der Waals surface area contributed by atoms with Crippen molar-refractivity contribution in [3.8, 4) is 11.5 Å². The Hall–Kier alpha value is -2.24. The van der Waals surface area contributed by atoms with Gasteiger partial charge in [-0.15, -0.1) is 0 Å². The zero-order chi connectivity index (χ0) is 15.6. The van der Waals surface area contributed by atoms with Gasteiger partial charge in [-0.1, -0.05) is 0 Å². The Kier molecular flexibility index (Phi) is 4.35. The maximum Gasteiger partial charge on any atom is 0.414 e. The third-order valence-electron chi connectivity index (χ3n) is 3.45. The Labute approximate surface area is 123 Å². The number of fused-ring (bicyclic) bond motifs is 1. The van der Waals surface area contributed by atoms with Crippen LogP contribution in [0.3, 0.4) is 0 Å². The predicted octanol–water partition coefficient (Wildman–Crippen LogP) is 2.64. The Morgan fingerprint density at radius 2 is 1.90 bits per heavy atom. The van der Waals surface area contributed by atoms with Crippen molar-refractivity contribution in [3.63, 3.8) is 0 Å². The van der Waals surface area contributed by atoms with Gasteiger partial charge >= 0.3 is 6.09 Å². The van der Waals surface area contributed by atoms with Gasteiger partial charge in [-0.2, -0.15) is 0 Å². The molecule has 2 rings (SSSR count). The molecule has 0 fully saturated rings. The van der Waals surface area contributed by atoms with Crippen LogP contribution in [0.25, 0.3) is 0 Å². The molecule has 1 aromatic carbocycles. The predicted molar refractivity (Wildman–Crippen MR) is 77.5 cm³/mol. The summed E-state index contributed by atoms with van der Waals surface area (Å²) in [5.74, 6) is 0.898. The molecule has 1 aliphatic heterocycles. The molecule has 0 bridgehead atoms. The van der Waals surface area contributed by atoms with Gasteiger partial charge in [0.2, 0.25) is 0 Å². The minimum atomic E-state index is -0.467. The number of amides is 1. The molecule has 114 valence electrons. The van der Waals surface area contributed by atoms with Crippen LogP contribution in [-0.2, 0) is 4.74 Å². The molecule has 1 amide bonds. The molecule has 1 atom stereocenters. The van der Waals surface area contributed by atoms with Gasteiger partial charge in [0.15, 0.2) is 17.3 Å². The van der Waals surface area contributed by atoms with Crippen LogP contribution in [0.15, 0.2) is 12.1 Å². The van der Waals surface area contributed by atoms with Crippen molar-refractivity contribution < 1.29 is 23.8 Å². The highest BCUT2D eigenvalue weighted by Gasteiger charge is 2.35. The summed E-state index contributed by atoms with van der Waals surface area (Å²) >= 11 is 0. The normalized spacial score (nSPS) is 17.2. The SMILES string of the molecule is CCOC(=O)N1c2cc(OC)c(OC)cc2C(=O)C[C@@H]1C. The standard InChI is InChI=1S/C15H19NO5/c1-5-21-15(18)16-9(2)6-12(17)10-7-13(19-3)14(20-4)8-11(10)16/h7-9H,5-6H2,1-4H3/t9-/m0/s1. The second-order valence-electron chi connectivity index (χ2n) is 4.77. The number of anilines is 1. The number of hydrogen-bond acceptors (Lipinski definition) is 5. The molecular formula is C15H19NO5. The lowest BCUT2D eigenvalue weighted by Crippen LogP contribution is -2.44. The summed E-state index contributed by atoms with van der Waals surface area (Å²) in [6.07, 6.45) is -0.215. The zero-order valence-corrected chi connectivity index (χ0v) is 12.6. The highest BCUT2D eigenvalue weighted by molar-refractivity contribution is 6.08. The van der Waals surface area contributed by atoms with E-state index in [1.807, 2.05) is 6.92 Å². The topological polar surface area (TPSA) is 65.1 Å². The van der Waals surface area contributed by atoms with Gasteiger partial charge in [0, 0.05) is 24.1 Å². The number of rotatable bonds is 3. The number of carbonyl (C=O) groups excluding carboxylic acids is 2. The highest BCUT2D eigenvalue weighted by Crippen LogP contribution is 2.39. The maximum atomic E-state index is 12.2. The second kappa shape index (κ2) is 6.03. The number of ether oxygens (including phenoxy) is 3. The van der Waals surface area contributed by atoms with Crippen molar-refractivity contribution in [2.45, 2.75) is 26.3 Å². The number of methoxy groups -OCH3 is 2. The van der Waals surface area contributed by atoms with E-state index in [-0.39, 0.29) is 24.9 Å². The van der Waals surface area contributed by atoms with Gasteiger partial charge in [0.1, 0.15) is 0 Å². The van der Waals surface area contributed by atoms with Gasteiger partial charge in [0.05, 0.1) is 26.5 Å². The largest absolute Gasteiger partial charge is 0.493 e.